The van der Waals surface area contributed by atoms with Crippen LogP contribution in [0.4, 0.5) is 5.69 Å². The van der Waals surface area contributed by atoms with Gasteiger partial charge in [0.1, 0.15) is 0 Å². The molecule has 1 atom stereocenters. The molecule has 0 aliphatic rings. The molecule has 6 heteroatoms. The molecule has 2 aromatic rings. The highest BCUT2D eigenvalue weighted by atomic mass is 32.2. The van der Waals surface area contributed by atoms with Crippen molar-refractivity contribution in [2.45, 2.75) is 24.3 Å². The number of carbonyl (C=O) groups is 2. The third-order valence-corrected chi connectivity index (χ3v) is 4.54. The Kier molecular flexibility index (Phi) is 7.24. The Morgan fingerprint density at radius 2 is 1.81 bits per heavy atom. The standard InChI is InChI=1S/C20H20N2O3S/c1-15(25-20(24)17-11-6-7-12-18(17)26-2)19(23)22(14-8-13-21)16-9-4-3-5-10-16/h3-7,9-12,15H,8,14H2,1-2H3. The van der Waals surface area contributed by atoms with Crippen LogP contribution < -0.4 is 4.90 Å². The molecule has 134 valence electrons. The summed E-state index contributed by atoms with van der Waals surface area (Å²) in [6, 6.07) is 18.2. The number of rotatable bonds is 7. The SMILES string of the molecule is CSc1ccccc1C(=O)OC(C)C(=O)N(CCC#N)c1ccccc1. The molecule has 0 fully saturated rings. The van der Waals surface area contributed by atoms with Crippen LogP contribution in [-0.2, 0) is 9.53 Å². The fourth-order valence-electron chi connectivity index (χ4n) is 2.44. The van der Waals surface area contributed by atoms with Crippen LogP contribution in [0.25, 0.3) is 0 Å². The number of benzene rings is 2. The average molecular weight is 368 g/mol. The van der Waals surface area contributed by atoms with E-state index in [0.29, 0.717) is 11.3 Å². The van der Waals surface area contributed by atoms with Gasteiger partial charge in [-0.2, -0.15) is 5.26 Å². The highest BCUT2D eigenvalue weighted by Gasteiger charge is 2.26. The predicted molar refractivity (Wildman–Crippen MR) is 102 cm³/mol. The Hall–Kier alpha value is -2.78. The van der Waals surface area contributed by atoms with Crippen molar-refractivity contribution in [3.63, 3.8) is 0 Å². The van der Waals surface area contributed by atoms with E-state index in [-0.39, 0.29) is 18.9 Å². The van der Waals surface area contributed by atoms with E-state index in [0.717, 1.165) is 4.90 Å². The number of esters is 1. The van der Waals surface area contributed by atoms with Gasteiger partial charge in [-0.05, 0) is 37.4 Å². The van der Waals surface area contributed by atoms with Crippen molar-refractivity contribution >= 4 is 29.3 Å². The Labute approximate surface area is 157 Å². The first kappa shape index (κ1) is 19.5. The molecule has 1 unspecified atom stereocenters. The average Bonchev–Trinajstić information content (AvgIpc) is 2.68. The van der Waals surface area contributed by atoms with Crippen LogP contribution in [0.3, 0.4) is 0 Å². The van der Waals surface area contributed by atoms with Gasteiger partial charge in [-0.25, -0.2) is 4.79 Å². The maximum atomic E-state index is 12.8. The first-order valence-electron chi connectivity index (χ1n) is 8.16. The lowest BCUT2D eigenvalue weighted by molar-refractivity contribution is -0.126. The number of thioether (sulfide) groups is 1. The number of anilines is 1. The highest BCUT2D eigenvalue weighted by Crippen LogP contribution is 2.22. The molecular formula is C20H20N2O3S. The number of nitrogens with zero attached hydrogens (tertiary/aromatic N) is 2. The lowest BCUT2D eigenvalue weighted by Crippen LogP contribution is -2.40. The third kappa shape index (κ3) is 4.87. The largest absolute Gasteiger partial charge is 0.449 e. The minimum atomic E-state index is -0.962. The zero-order valence-corrected chi connectivity index (χ0v) is 15.5. The van der Waals surface area contributed by atoms with Crippen LogP contribution in [0.1, 0.15) is 23.7 Å². The summed E-state index contributed by atoms with van der Waals surface area (Å²) >= 11 is 1.44. The third-order valence-electron chi connectivity index (χ3n) is 3.74. The molecule has 2 aromatic carbocycles. The summed E-state index contributed by atoms with van der Waals surface area (Å²) in [7, 11) is 0. The molecule has 26 heavy (non-hydrogen) atoms. The van der Waals surface area contributed by atoms with Crippen LogP contribution in [0.2, 0.25) is 0 Å². The summed E-state index contributed by atoms with van der Waals surface area (Å²) < 4.78 is 5.40. The van der Waals surface area contributed by atoms with Crippen molar-refractivity contribution in [1.82, 2.24) is 0 Å². The van der Waals surface area contributed by atoms with Gasteiger partial charge in [0.25, 0.3) is 5.91 Å². The van der Waals surface area contributed by atoms with Gasteiger partial charge in [0.15, 0.2) is 6.10 Å². The van der Waals surface area contributed by atoms with E-state index in [1.807, 2.05) is 42.7 Å². The van der Waals surface area contributed by atoms with E-state index >= 15 is 0 Å². The van der Waals surface area contributed by atoms with Gasteiger partial charge in [-0.3, -0.25) is 4.79 Å². The first-order chi connectivity index (χ1) is 12.6. The van der Waals surface area contributed by atoms with Crippen molar-refractivity contribution in [2.75, 3.05) is 17.7 Å². The van der Waals surface area contributed by atoms with Gasteiger partial charge in [-0.1, -0.05) is 30.3 Å². The summed E-state index contributed by atoms with van der Waals surface area (Å²) in [6.07, 6.45) is 1.10. The maximum Gasteiger partial charge on any atom is 0.340 e. The van der Waals surface area contributed by atoms with E-state index in [1.54, 1.807) is 31.2 Å². The smallest absolute Gasteiger partial charge is 0.340 e. The van der Waals surface area contributed by atoms with E-state index in [1.165, 1.54) is 16.7 Å². The molecule has 5 nitrogen and oxygen atoms in total. The van der Waals surface area contributed by atoms with E-state index < -0.39 is 12.1 Å². The summed E-state index contributed by atoms with van der Waals surface area (Å²) in [4.78, 5) is 27.5. The summed E-state index contributed by atoms with van der Waals surface area (Å²) in [5.41, 5.74) is 1.10. The zero-order chi connectivity index (χ0) is 18.9. The topological polar surface area (TPSA) is 70.4 Å². The van der Waals surface area contributed by atoms with E-state index in [4.69, 9.17) is 10.00 Å². The molecule has 0 saturated heterocycles. The monoisotopic (exact) mass is 368 g/mol. The molecule has 0 radical (unpaired) electrons. The summed E-state index contributed by atoms with van der Waals surface area (Å²) in [6.45, 7) is 1.78. The fourth-order valence-corrected chi connectivity index (χ4v) is 3.03. The van der Waals surface area contributed by atoms with Crippen LogP contribution in [-0.4, -0.2) is 30.8 Å². The molecule has 0 bridgehead atoms. The first-order valence-corrected chi connectivity index (χ1v) is 9.38. The molecular weight excluding hydrogens is 348 g/mol. The Balaban J connectivity index is 2.15. The van der Waals surface area contributed by atoms with Gasteiger partial charge >= 0.3 is 5.97 Å². The molecule has 0 heterocycles. The van der Waals surface area contributed by atoms with Crippen LogP contribution in [0, 0.1) is 11.3 Å². The highest BCUT2D eigenvalue weighted by molar-refractivity contribution is 7.98. The number of ether oxygens (including phenoxy) is 1. The molecule has 0 N–H and O–H groups in total. The zero-order valence-electron chi connectivity index (χ0n) is 14.7. The molecule has 0 saturated carbocycles. The fraction of sp³-hybridized carbons (Fsp3) is 0.250. The van der Waals surface area contributed by atoms with Gasteiger partial charge < -0.3 is 9.64 Å². The number of carbonyl (C=O) groups excluding carboxylic acids is 2. The normalized spacial score (nSPS) is 11.3. The number of hydrogen-bond acceptors (Lipinski definition) is 5. The molecule has 2 rings (SSSR count). The van der Waals surface area contributed by atoms with E-state index in [9.17, 15) is 9.59 Å². The summed E-state index contributed by atoms with van der Waals surface area (Å²) in [5.74, 6) is -0.898. The van der Waals surface area contributed by atoms with Crippen LogP contribution in [0.5, 0.6) is 0 Å². The van der Waals surface area contributed by atoms with Crippen molar-refractivity contribution in [3.05, 3.63) is 60.2 Å². The predicted octanol–water partition coefficient (Wildman–Crippen LogP) is 3.90. The molecule has 0 aliphatic heterocycles. The van der Waals surface area contributed by atoms with Gasteiger partial charge in [-0.15, -0.1) is 11.8 Å². The molecule has 0 aliphatic carbocycles. The minimum absolute atomic E-state index is 0.191. The molecule has 0 spiro atoms. The lowest BCUT2D eigenvalue weighted by Gasteiger charge is -2.25. The number of para-hydroxylation sites is 1. The minimum Gasteiger partial charge on any atom is -0.449 e. The van der Waals surface area contributed by atoms with Gasteiger partial charge in [0, 0.05) is 17.1 Å². The number of amides is 1. The van der Waals surface area contributed by atoms with Crippen molar-refractivity contribution in [3.8, 4) is 6.07 Å². The summed E-state index contributed by atoms with van der Waals surface area (Å²) in [5, 5.41) is 8.86. The number of hydrogen-bond donors (Lipinski definition) is 0. The lowest BCUT2D eigenvalue weighted by atomic mass is 10.2. The Bertz CT molecular complexity index is 802. The second kappa shape index (κ2) is 9.64. The van der Waals surface area contributed by atoms with Crippen LogP contribution in [0.15, 0.2) is 59.5 Å². The van der Waals surface area contributed by atoms with Crippen molar-refractivity contribution in [1.29, 1.82) is 5.26 Å². The Morgan fingerprint density at radius 1 is 1.15 bits per heavy atom. The molecule has 0 aromatic heterocycles. The quantitative estimate of drug-likeness (QED) is 0.547. The molecule has 1 amide bonds. The Morgan fingerprint density at radius 3 is 2.46 bits per heavy atom. The number of nitriles is 1. The van der Waals surface area contributed by atoms with Crippen molar-refractivity contribution in [2.24, 2.45) is 0 Å². The van der Waals surface area contributed by atoms with Gasteiger partial charge in [0.2, 0.25) is 0 Å². The van der Waals surface area contributed by atoms with Gasteiger partial charge in [0.05, 0.1) is 18.1 Å². The van der Waals surface area contributed by atoms with Crippen molar-refractivity contribution < 1.29 is 14.3 Å². The second-order valence-electron chi connectivity index (χ2n) is 5.48. The second-order valence-corrected chi connectivity index (χ2v) is 6.33. The maximum absolute atomic E-state index is 12.8. The van der Waals surface area contributed by atoms with E-state index in [2.05, 4.69) is 0 Å². The van der Waals surface area contributed by atoms with Crippen LogP contribution >= 0.6 is 11.8 Å².